The molecule has 3 amide bonds. The number of hydrogen-bond acceptors (Lipinski definition) is 4. The summed E-state index contributed by atoms with van der Waals surface area (Å²) in [5, 5.41) is 10.1. The molecule has 1 aliphatic carbocycles. The molecule has 8 heteroatoms. The fourth-order valence-electron chi connectivity index (χ4n) is 6.08. The van der Waals surface area contributed by atoms with Gasteiger partial charge in [0.25, 0.3) is 0 Å². The average molecular weight is 580 g/mol. The Hall–Kier alpha value is -3.31. The first-order chi connectivity index (χ1) is 18.4. The molecule has 200 valence electrons. The maximum absolute atomic E-state index is 13.1. The molecule has 2 saturated heterocycles. The standard InChI is InChI=1S/C28H33BrN4O3.C2H2/c29-22-15-21-3-1-2-20-16-23(34)4-5-24(20)26(27(21)31-17-22)19-8-12-32(13-9-19)25(35)14-18-6-10-33(11-7-18)28(30)36;1-2/h1-2,4-5,15-19,26,34H,3,6-14H2,(H2,30,36);1-2H/b2-1-;. The third kappa shape index (κ3) is 6.21. The van der Waals surface area contributed by atoms with Crippen molar-refractivity contribution in [2.75, 3.05) is 26.2 Å². The summed E-state index contributed by atoms with van der Waals surface area (Å²) < 4.78 is 0.974. The maximum atomic E-state index is 13.1. The number of aromatic nitrogens is 1. The summed E-state index contributed by atoms with van der Waals surface area (Å²) in [6.45, 7) is 2.77. The molecule has 1 unspecified atom stereocenters. The van der Waals surface area contributed by atoms with Gasteiger partial charge in [-0.3, -0.25) is 9.78 Å². The van der Waals surface area contributed by atoms with E-state index in [1.54, 1.807) is 11.0 Å². The van der Waals surface area contributed by atoms with Crippen molar-refractivity contribution in [2.24, 2.45) is 17.6 Å². The van der Waals surface area contributed by atoms with Crippen LogP contribution in [0.2, 0.25) is 0 Å². The first-order valence-corrected chi connectivity index (χ1v) is 14.0. The molecule has 2 fully saturated rings. The Labute approximate surface area is 233 Å². The number of carbonyl (C=O) groups excluding carboxylic acids is 2. The van der Waals surface area contributed by atoms with E-state index in [-0.39, 0.29) is 23.6 Å². The number of nitrogens with zero attached hydrogens (tertiary/aromatic N) is 3. The number of phenols is 1. The zero-order valence-corrected chi connectivity index (χ0v) is 23.1. The maximum Gasteiger partial charge on any atom is 0.314 e. The van der Waals surface area contributed by atoms with Crippen molar-refractivity contribution in [3.63, 3.8) is 0 Å². The van der Waals surface area contributed by atoms with Crippen molar-refractivity contribution in [1.29, 1.82) is 0 Å². The molecular formula is C30H35BrN4O3. The van der Waals surface area contributed by atoms with Gasteiger partial charge in [0.15, 0.2) is 0 Å². The second-order valence-corrected chi connectivity index (χ2v) is 11.2. The van der Waals surface area contributed by atoms with Crippen molar-refractivity contribution < 1.29 is 14.7 Å². The molecule has 0 bridgehead atoms. The number of amides is 3. The molecule has 1 aromatic carbocycles. The SMILES string of the molecule is C#C.NC(=O)N1CCC(CC(=O)N2CCC(C3c4ccc(O)cc4/C=C\Cc4cc(Br)cnc43)CC2)CC1. The fraction of sp³-hybridized carbons (Fsp3) is 0.433. The van der Waals surface area contributed by atoms with Gasteiger partial charge in [-0.15, -0.1) is 12.8 Å². The molecule has 38 heavy (non-hydrogen) atoms. The van der Waals surface area contributed by atoms with E-state index >= 15 is 0 Å². The van der Waals surface area contributed by atoms with E-state index in [4.69, 9.17) is 10.7 Å². The molecule has 2 aliphatic heterocycles. The number of phenolic OH excluding ortho intramolecular Hbond substituents is 1. The largest absolute Gasteiger partial charge is 0.508 e. The van der Waals surface area contributed by atoms with Gasteiger partial charge in [0.2, 0.25) is 5.91 Å². The van der Waals surface area contributed by atoms with Crippen molar-refractivity contribution in [3.05, 3.63) is 63.4 Å². The number of primary amides is 1. The van der Waals surface area contributed by atoms with Gasteiger partial charge in [0, 0.05) is 49.2 Å². The number of fused-ring (bicyclic) bond motifs is 2. The predicted molar refractivity (Wildman–Crippen MR) is 152 cm³/mol. The van der Waals surface area contributed by atoms with E-state index in [1.807, 2.05) is 23.2 Å². The number of piperidine rings is 2. The van der Waals surface area contributed by atoms with Crippen LogP contribution in [0.3, 0.4) is 0 Å². The molecular weight excluding hydrogens is 544 g/mol. The lowest BCUT2D eigenvalue weighted by molar-refractivity contribution is -0.134. The van der Waals surface area contributed by atoms with Gasteiger partial charge in [0.1, 0.15) is 5.75 Å². The highest BCUT2D eigenvalue weighted by Gasteiger charge is 2.34. The third-order valence-corrected chi connectivity index (χ3v) is 8.49. The van der Waals surface area contributed by atoms with Crippen molar-refractivity contribution >= 4 is 33.9 Å². The Morgan fingerprint density at radius 1 is 1.05 bits per heavy atom. The third-order valence-electron chi connectivity index (χ3n) is 8.06. The highest BCUT2D eigenvalue weighted by atomic mass is 79.9. The van der Waals surface area contributed by atoms with Crippen LogP contribution in [-0.4, -0.2) is 58.0 Å². The van der Waals surface area contributed by atoms with Gasteiger partial charge in [-0.1, -0.05) is 18.2 Å². The van der Waals surface area contributed by atoms with Crippen molar-refractivity contribution in [3.8, 4) is 18.6 Å². The molecule has 0 saturated carbocycles. The first kappa shape index (κ1) is 27.7. The van der Waals surface area contributed by atoms with Crippen LogP contribution in [0.1, 0.15) is 60.4 Å². The summed E-state index contributed by atoms with van der Waals surface area (Å²) in [5.74, 6) is 1.28. The molecule has 3 N–H and O–H groups in total. The highest BCUT2D eigenvalue weighted by molar-refractivity contribution is 9.10. The zero-order valence-electron chi connectivity index (χ0n) is 21.6. The van der Waals surface area contributed by atoms with Crippen LogP contribution >= 0.6 is 15.9 Å². The minimum absolute atomic E-state index is 0.115. The average Bonchev–Trinajstić information content (AvgIpc) is 2.91. The lowest BCUT2D eigenvalue weighted by Crippen LogP contribution is -2.44. The van der Waals surface area contributed by atoms with Crippen LogP contribution in [0.25, 0.3) is 6.08 Å². The van der Waals surface area contributed by atoms with Crippen LogP contribution in [-0.2, 0) is 11.2 Å². The fourth-order valence-corrected chi connectivity index (χ4v) is 6.46. The molecule has 0 radical (unpaired) electrons. The lowest BCUT2D eigenvalue weighted by atomic mass is 9.74. The normalized spacial score (nSPS) is 20.7. The number of allylic oxidation sites excluding steroid dienone is 1. The molecule has 7 nitrogen and oxygen atoms in total. The van der Waals surface area contributed by atoms with Crippen LogP contribution < -0.4 is 5.73 Å². The second-order valence-electron chi connectivity index (χ2n) is 10.3. The molecule has 3 aliphatic rings. The molecule has 1 atom stereocenters. The Bertz CT molecular complexity index is 1210. The van der Waals surface area contributed by atoms with E-state index in [2.05, 4.69) is 47.0 Å². The highest BCUT2D eigenvalue weighted by Crippen LogP contribution is 2.42. The first-order valence-electron chi connectivity index (χ1n) is 13.2. The monoisotopic (exact) mass is 578 g/mol. The van der Waals surface area contributed by atoms with Gasteiger partial charge in [0.05, 0.1) is 5.69 Å². The number of halogens is 1. The minimum Gasteiger partial charge on any atom is -0.508 e. The van der Waals surface area contributed by atoms with Gasteiger partial charge >= 0.3 is 6.03 Å². The quantitative estimate of drug-likeness (QED) is 0.505. The second kappa shape index (κ2) is 12.5. The summed E-state index contributed by atoms with van der Waals surface area (Å²) in [6, 6.07) is 7.43. The summed E-state index contributed by atoms with van der Waals surface area (Å²) in [6.07, 6.45) is 19.0. The number of terminal acetylenes is 1. The lowest BCUT2D eigenvalue weighted by Gasteiger charge is -2.38. The summed E-state index contributed by atoms with van der Waals surface area (Å²) in [7, 11) is 0. The molecule has 2 aromatic rings. The molecule has 5 rings (SSSR count). The van der Waals surface area contributed by atoms with E-state index in [0.717, 1.165) is 60.9 Å². The van der Waals surface area contributed by atoms with E-state index in [1.165, 1.54) is 11.1 Å². The zero-order chi connectivity index (χ0) is 27.2. The van der Waals surface area contributed by atoms with Crippen molar-refractivity contribution in [1.82, 2.24) is 14.8 Å². The van der Waals surface area contributed by atoms with Gasteiger partial charge in [-0.25, -0.2) is 4.79 Å². The number of nitrogens with two attached hydrogens (primary N) is 1. The van der Waals surface area contributed by atoms with E-state index in [9.17, 15) is 14.7 Å². The molecule has 0 spiro atoms. The number of aromatic hydroxyl groups is 1. The number of pyridine rings is 1. The Balaban J connectivity index is 0.00000164. The van der Waals surface area contributed by atoms with Crippen LogP contribution in [0, 0.1) is 24.7 Å². The van der Waals surface area contributed by atoms with Crippen LogP contribution in [0.15, 0.2) is 41.0 Å². The molecule has 1 aromatic heterocycles. The Morgan fingerprint density at radius 3 is 2.42 bits per heavy atom. The number of hydrogen-bond donors (Lipinski definition) is 2. The number of benzene rings is 1. The van der Waals surface area contributed by atoms with Gasteiger partial charge in [-0.05, 0) is 94.8 Å². The van der Waals surface area contributed by atoms with Gasteiger partial charge < -0.3 is 20.6 Å². The number of rotatable bonds is 3. The predicted octanol–water partition coefficient (Wildman–Crippen LogP) is 4.92. The topological polar surface area (TPSA) is 99.8 Å². The van der Waals surface area contributed by atoms with Crippen molar-refractivity contribution in [2.45, 2.75) is 44.4 Å². The Morgan fingerprint density at radius 2 is 1.74 bits per heavy atom. The summed E-state index contributed by atoms with van der Waals surface area (Å²) in [5.41, 5.74) is 9.92. The van der Waals surface area contributed by atoms with Crippen LogP contribution in [0.4, 0.5) is 4.79 Å². The number of urea groups is 1. The van der Waals surface area contributed by atoms with Crippen LogP contribution in [0.5, 0.6) is 5.75 Å². The van der Waals surface area contributed by atoms with Gasteiger partial charge in [-0.2, -0.15) is 0 Å². The number of likely N-dealkylation sites (tertiary alicyclic amines) is 2. The molecule has 3 heterocycles. The minimum atomic E-state index is -0.369. The smallest absolute Gasteiger partial charge is 0.314 e. The number of carbonyl (C=O) groups is 2. The summed E-state index contributed by atoms with van der Waals surface area (Å²) in [4.78, 5) is 33.0. The summed E-state index contributed by atoms with van der Waals surface area (Å²) >= 11 is 3.58. The van der Waals surface area contributed by atoms with E-state index < -0.39 is 0 Å². The van der Waals surface area contributed by atoms with E-state index in [0.29, 0.717) is 31.3 Å². The Kier molecular flexibility index (Phi) is 9.11.